The van der Waals surface area contributed by atoms with Crippen molar-refractivity contribution >= 4 is 15.9 Å². The summed E-state index contributed by atoms with van der Waals surface area (Å²) in [5, 5.41) is 9.22. The van der Waals surface area contributed by atoms with E-state index in [9.17, 15) is 0 Å². The lowest BCUT2D eigenvalue weighted by Crippen LogP contribution is -2.10. The topological polar surface area (TPSA) is 39.9 Å². The molecule has 1 saturated heterocycles. The van der Waals surface area contributed by atoms with E-state index in [2.05, 4.69) is 44.5 Å². The predicted octanol–water partition coefficient (Wildman–Crippen LogP) is 2.09. The van der Waals surface area contributed by atoms with Gasteiger partial charge in [-0.1, -0.05) is 15.9 Å². The number of alkyl halides is 1. The third kappa shape index (κ3) is 2.08. The van der Waals surface area contributed by atoms with Crippen LogP contribution >= 0.6 is 15.9 Å². The molecule has 4 nitrogen and oxygen atoms in total. The van der Waals surface area contributed by atoms with Crippen LogP contribution in [-0.4, -0.2) is 27.5 Å². The van der Waals surface area contributed by atoms with Crippen LogP contribution in [0, 0.1) is 0 Å². The van der Waals surface area contributed by atoms with Gasteiger partial charge in [-0.15, -0.1) is 10.2 Å². The number of hydrogen-bond acceptors (Lipinski definition) is 3. The van der Waals surface area contributed by atoms with Gasteiger partial charge in [-0.05, 0) is 20.3 Å². The first kappa shape index (κ1) is 11.1. The second-order valence-electron chi connectivity index (χ2n) is 3.93. The molecule has 0 aliphatic carbocycles. The quantitative estimate of drug-likeness (QED) is 0.792. The Morgan fingerprint density at radius 1 is 1.53 bits per heavy atom. The molecule has 1 fully saturated rings. The summed E-state index contributed by atoms with van der Waals surface area (Å²) < 4.78 is 7.75. The van der Waals surface area contributed by atoms with E-state index in [1.54, 1.807) is 0 Å². The first-order chi connectivity index (χ1) is 7.26. The van der Waals surface area contributed by atoms with Crippen molar-refractivity contribution in [1.29, 1.82) is 0 Å². The van der Waals surface area contributed by atoms with Crippen molar-refractivity contribution in [3.05, 3.63) is 11.6 Å². The summed E-state index contributed by atoms with van der Waals surface area (Å²) >= 11 is 3.43. The van der Waals surface area contributed by atoms with E-state index in [4.69, 9.17) is 4.74 Å². The number of halogens is 1. The van der Waals surface area contributed by atoms with Crippen molar-refractivity contribution < 1.29 is 4.74 Å². The zero-order valence-electron chi connectivity index (χ0n) is 9.11. The molecule has 0 amide bonds. The zero-order valence-corrected chi connectivity index (χ0v) is 10.7. The highest BCUT2D eigenvalue weighted by Crippen LogP contribution is 2.28. The SMILES string of the molecule is CCn1c(CBr)nnc1C1COC(C)C1. The Morgan fingerprint density at radius 3 is 2.87 bits per heavy atom. The third-order valence-corrected chi connectivity index (χ3v) is 3.36. The average Bonchev–Trinajstić information content (AvgIpc) is 2.82. The summed E-state index contributed by atoms with van der Waals surface area (Å²) in [6, 6.07) is 0. The molecular weight excluding hydrogens is 258 g/mol. The minimum absolute atomic E-state index is 0.351. The van der Waals surface area contributed by atoms with Gasteiger partial charge < -0.3 is 9.30 Å². The molecule has 15 heavy (non-hydrogen) atoms. The molecule has 1 aromatic rings. The molecule has 0 radical (unpaired) electrons. The van der Waals surface area contributed by atoms with Crippen LogP contribution in [0.3, 0.4) is 0 Å². The van der Waals surface area contributed by atoms with Gasteiger partial charge in [0.1, 0.15) is 11.6 Å². The van der Waals surface area contributed by atoms with Gasteiger partial charge >= 0.3 is 0 Å². The standard InChI is InChI=1S/C10H16BrN3O/c1-3-14-9(5-11)12-13-10(14)8-4-7(2)15-6-8/h7-8H,3-6H2,1-2H3. The predicted molar refractivity (Wildman–Crippen MR) is 61.1 cm³/mol. The van der Waals surface area contributed by atoms with Crippen LogP contribution in [0.25, 0.3) is 0 Å². The van der Waals surface area contributed by atoms with E-state index in [0.29, 0.717) is 12.0 Å². The second-order valence-corrected chi connectivity index (χ2v) is 4.49. The highest BCUT2D eigenvalue weighted by Gasteiger charge is 2.28. The van der Waals surface area contributed by atoms with Crippen LogP contribution in [0.4, 0.5) is 0 Å². The first-order valence-electron chi connectivity index (χ1n) is 5.35. The van der Waals surface area contributed by atoms with E-state index in [1.807, 2.05) is 0 Å². The highest BCUT2D eigenvalue weighted by atomic mass is 79.9. The Bertz CT molecular complexity index is 339. The van der Waals surface area contributed by atoms with Crippen molar-refractivity contribution in [3.63, 3.8) is 0 Å². The Morgan fingerprint density at radius 2 is 2.33 bits per heavy atom. The van der Waals surface area contributed by atoms with Gasteiger partial charge in [0, 0.05) is 12.5 Å². The summed E-state index contributed by atoms with van der Waals surface area (Å²) in [7, 11) is 0. The maximum Gasteiger partial charge on any atom is 0.143 e. The summed E-state index contributed by atoms with van der Waals surface area (Å²) in [6.45, 7) is 5.94. The van der Waals surface area contributed by atoms with E-state index < -0.39 is 0 Å². The monoisotopic (exact) mass is 273 g/mol. The molecule has 5 heteroatoms. The van der Waals surface area contributed by atoms with Gasteiger partial charge in [0.25, 0.3) is 0 Å². The fourth-order valence-corrected chi connectivity index (χ4v) is 2.51. The van der Waals surface area contributed by atoms with E-state index in [0.717, 1.165) is 36.6 Å². The highest BCUT2D eigenvalue weighted by molar-refractivity contribution is 9.08. The van der Waals surface area contributed by atoms with Crippen LogP contribution in [0.5, 0.6) is 0 Å². The molecule has 1 aliphatic rings. The van der Waals surface area contributed by atoms with Crippen molar-refractivity contribution in [2.45, 2.75) is 44.2 Å². The van der Waals surface area contributed by atoms with Crippen LogP contribution in [0.15, 0.2) is 0 Å². The van der Waals surface area contributed by atoms with Crippen LogP contribution < -0.4 is 0 Å². The van der Waals surface area contributed by atoms with Crippen molar-refractivity contribution in [3.8, 4) is 0 Å². The van der Waals surface area contributed by atoms with Gasteiger partial charge in [-0.25, -0.2) is 0 Å². The van der Waals surface area contributed by atoms with Crippen molar-refractivity contribution in [2.24, 2.45) is 0 Å². The van der Waals surface area contributed by atoms with Gasteiger partial charge in [-0.3, -0.25) is 0 Å². The van der Waals surface area contributed by atoms with E-state index >= 15 is 0 Å². The van der Waals surface area contributed by atoms with Crippen LogP contribution in [-0.2, 0) is 16.6 Å². The Hall–Kier alpha value is -0.420. The molecule has 2 rings (SSSR count). The maximum absolute atomic E-state index is 5.57. The van der Waals surface area contributed by atoms with E-state index in [-0.39, 0.29) is 0 Å². The van der Waals surface area contributed by atoms with Crippen molar-refractivity contribution in [1.82, 2.24) is 14.8 Å². The molecule has 2 heterocycles. The molecule has 84 valence electrons. The summed E-state index contributed by atoms with van der Waals surface area (Å²) in [4.78, 5) is 0. The zero-order chi connectivity index (χ0) is 10.8. The van der Waals surface area contributed by atoms with Gasteiger partial charge in [-0.2, -0.15) is 0 Å². The summed E-state index contributed by atoms with van der Waals surface area (Å²) in [5.41, 5.74) is 0. The van der Waals surface area contributed by atoms with Crippen LogP contribution in [0.1, 0.15) is 37.8 Å². The molecule has 2 atom stereocenters. The summed E-state index contributed by atoms with van der Waals surface area (Å²) in [5.74, 6) is 2.50. The normalized spacial score (nSPS) is 26.1. The minimum atomic E-state index is 0.351. The third-order valence-electron chi connectivity index (χ3n) is 2.86. The van der Waals surface area contributed by atoms with Crippen LogP contribution in [0.2, 0.25) is 0 Å². The minimum Gasteiger partial charge on any atom is -0.378 e. The first-order valence-corrected chi connectivity index (χ1v) is 6.48. The molecule has 2 unspecified atom stereocenters. The fourth-order valence-electron chi connectivity index (χ4n) is 2.09. The van der Waals surface area contributed by atoms with Gasteiger partial charge in [0.05, 0.1) is 18.0 Å². The lowest BCUT2D eigenvalue weighted by molar-refractivity contribution is 0.123. The number of hydrogen-bond donors (Lipinski definition) is 0. The second kappa shape index (κ2) is 4.61. The summed E-state index contributed by atoms with van der Waals surface area (Å²) in [6.07, 6.45) is 1.41. The lowest BCUT2D eigenvalue weighted by atomic mass is 10.1. The maximum atomic E-state index is 5.57. The van der Waals surface area contributed by atoms with E-state index in [1.165, 1.54) is 0 Å². The van der Waals surface area contributed by atoms with Crippen molar-refractivity contribution in [2.75, 3.05) is 6.61 Å². The lowest BCUT2D eigenvalue weighted by Gasteiger charge is -2.09. The number of aromatic nitrogens is 3. The molecule has 0 bridgehead atoms. The average molecular weight is 274 g/mol. The van der Waals surface area contributed by atoms with Gasteiger partial charge in [0.2, 0.25) is 0 Å². The van der Waals surface area contributed by atoms with Gasteiger partial charge in [0.15, 0.2) is 0 Å². The molecule has 0 aromatic carbocycles. The number of nitrogens with zero attached hydrogens (tertiary/aromatic N) is 3. The molecule has 0 saturated carbocycles. The molecule has 0 N–H and O–H groups in total. The Labute approximate surface area is 98.2 Å². The molecule has 0 spiro atoms. The fraction of sp³-hybridized carbons (Fsp3) is 0.800. The number of ether oxygens (including phenoxy) is 1. The largest absolute Gasteiger partial charge is 0.378 e. The molecule has 1 aliphatic heterocycles. The Kier molecular flexibility index (Phi) is 3.41. The molecular formula is C10H16BrN3O. The molecule has 1 aromatic heterocycles. The smallest absolute Gasteiger partial charge is 0.143 e. The number of rotatable bonds is 3. The Balaban J connectivity index is 2.24.